The Morgan fingerprint density at radius 2 is 1.12 bits per heavy atom. The van der Waals surface area contributed by atoms with Crippen LogP contribution in [0.2, 0.25) is 0 Å². The van der Waals surface area contributed by atoms with Gasteiger partial charge in [0.2, 0.25) is 0 Å². The van der Waals surface area contributed by atoms with E-state index in [0.29, 0.717) is 0 Å². The lowest BCUT2D eigenvalue weighted by Crippen LogP contribution is -2.50. The highest BCUT2D eigenvalue weighted by Crippen LogP contribution is 2.42. The van der Waals surface area contributed by atoms with Crippen molar-refractivity contribution in [2.45, 2.75) is 63.0 Å². The van der Waals surface area contributed by atoms with E-state index in [0.717, 1.165) is 0 Å². The molecule has 1 aliphatic rings. The van der Waals surface area contributed by atoms with Crippen LogP contribution in [0.25, 0.3) is 0 Å². The van der Waals surface area contributed by atoms with Gasteiger partial charge in [0.25, 0.3) is 0 Å². The van der Waals surface area contributed by atoms with Gasteiger partial charge in [-0.25, -0.2) is 0 Å². The summed E-state index contributed by atoms with van der Waals surface area (Å²) in [6, 6.07) is 0. The fourth-order valence-electron chi connectivity index (χ4n) is 2.56. The maximum atomic E-state index is 12.3. The van der Waals surface area contributed by atoms with Crippen molar-refractivity contribution < 1.29 is 26.3 Å². The van der Waals surface area contributed by atoms with Crippen molar-refractivity contribution in [2.24, 2.45) is 0 Å². The average molecular weight is 263 g/mol. The molecule has 2 unspecified atom stereocenters. The third-order valence-electron chi connectivity index (χ3n) is 3.01. The number of alkyl halides is 6. The van der Waals surface area contributed by atoms with Crippen molar-refractivity contribution in [2.75, 3.05) is 0 Å². The normalized spacial score (nSPS) is 35.3. The van der Waals surface area contributed by atoms with Crippen LogP contribution in [0.5, 0.6) is 0 Å². The van der Waals surface area contributed by atoms with E-state index in [-0.39, 0.29) is 12.8 Å². The monoisotopic (exact) mass is 263 g/mol. The summed E-state index contributed by atoms with van der Waals surface area (Å²) in [7, 11) is 0. The quantitative estimate of drug-likeness (QED) is 0.747. The van der Waals surface area contributed by atoms with Crippen LogP contribution in [0, 0.1) is 0 Å². The fourth-order valence-corrected chi connectivity index (χ4v) is 2.56. The Kier molecular flexibility index (Phi) is 3.46. The van der Waals surface area contributed by atoms with Gasteiger partial charge in [0.05, 0.1) is 12.8 Å². The molecule has 1 heterocycles. The van der Waals surface area contributed by atoms with Crippen LogP contribution >= 0.6 is 0 Å². The Morgan fingerprint density at radius 1 is 0.824 bits per heavy atom. The lowest BCUT2D eigenvalue weighted by Gasteiger charge is -2.32. The van der Waals surface area contributed by atoms with Crippen LogP contribution in [-0.2, 0) is 0 Å². The van der Waals surface area contributed by atoms with Gasteiger partial charge in [-0.15, -0.1) is 0 Å². The maximum absolute atomic E-state index is 12.3. The molecule has 1 fully saturated rings. The predicted octanol–water partition coefficient (Wildman–Crippen LogP) is 3.79. The van der Waals surface area contributed by atoms with Gasteiger partial charge in [0.1, 0.15) is 0 Å². The lowest BCUT2D eigenvalue weighted by atomic mass is 9.94. The van der Waals surface area contributed by atoms with E-state index in [2.05, 4.69) is 5.32 Å². The Morgan fingerprint density at radius 3 is 1.35 bits per heavy atom. The largest absolute Gasteiger partial charge is 0.390 e. The number of hydrogen-bond donors (Lipinski definition) is 1. The molecule has 0 saturated carbocycles. The molecule has 1 saturated heterocycles. The van der Waals surface area contributed by atoms with Crippen LogP contribution in [0.15, 0.2) is 0 Å². The number of halogens is 6. The second-order valence-corrected chi connectivity index (χ2v) is 5.33. The lowest BCUT2D eigenvalue weighted by molar-refractivity contribution is -0.154. The average Bonchev–Trinajstić information content (AvgIpc) is 2.17. The van der Waals surface area contributed by atoms with Crippen molar-refractivity contribution in [3.8, 4) is 0 Å². The van der Waals surface area contributed by atoms with Crippen molar-refractivity contribution in [1.29, 1.82) is 0 Å². The minimum absolute atomic E-state index is 0.0963. The van der Waals surface area contributed by atoms with Crippen molar-refractivity contribution in [3.05, 3.63) is 0 Å². The molecule has 1 aliphatic heterocycles. The molecular formula is C10H15F6N. The Hall–Kier alpha value is -0.460. The van der Waals surface area contributed by atoms with Crippen LogP contribution in [0.3, 0.4) is 0 Å². The summed E-state index contributed by atoms with van der Waals surface area (Å²) >= 11 is 0. The summed E-state index contributed by atoms with van der Waals surface area (Å²) in [6.45, 7) is 2.64. The van der Waals surface area contributed by atoms with Gasteiger partial charge in [0, 0.05) is 11.1 Å². The topological polar surface area (TPSA) is 12.0 Å². The molecule has 1 N–H and O–H groups in total. The molecule has 17 heavy (non-hydrogen) atoms. The molecule has 0 aromatic carbocycles. The van der Waals surface area contributed by atoms with Crippen molar-refractivity contribution in [3.63, 3.8) is 0 Å². The highest BCUT2D eigenvalue weighted by Gasteiger charge is 2.51. The molecule has 0 aromatic heterocycles. The fraction of sp³-hybridized carbons (Fsp3) is 1.00. The molecule has 0 aliphatic carbocycles. The summed E-state index contributed by atoms with van der Waals surface area (Å²) in [6.07, 6.45) is -10.8. The molecule has 102 valence electrons. The third kappa shape index (κ3) is 4.73. The molecule has 0 bridgehead atoms. The third-order valence-corrected chi connectivity index (χ3v) is 3.01. The van der Waals surface area contributed by atoms with E-state index >= 15 is 0 Å². The van der Waals surface area contributed by atoms with E-state index in [4.69, 9.17) is 0 Å². The second kappa shape index (κ2) is 4.03. The summed E-state index contributed by atoms with van der Waals surface area (Å²) < 4.78 is 73.7. The van der Waals surface area contributed by atoms with Gasteiger partial charge in [-0.05, 0) is 26.7 Å². The molecule has 7 heteroatoms. The van der Waals surface area contributed by atoms with E-state index in [1.165, 1.54) is 13.8 Å². The Labute approximate surface area is 95.6 Å². The number of rotatable bonds is 2. The minimum Gasteiger partial charge on any atom is -0.306 e. The van der Waals surface area contributed by atoms with Crippen LogP contribution in [-0.4, -0.2) is 23.4 Å². The van der Waals surface area contributed by atoms with Gasteiger partial charge in [-0.2, -0.15) is 26.3 Å². The zero-order chi connectivity index (χ0) is 13.5. The predicted molar refractivity (Wildman–Crippen MR) is 50.5 cm³/mol. The Balaban J connectivity index is 2.68. The Bertz CT molecular complexity index is 256. The van der Waals surface area contributed by atoms with Gasteiger partial charge < -0.3 is 5.32 Å². The second-order valence-electron chi connectivity index (χ2n) is 5.33. The zero-order valence-corrected chi connectivity index (χ0v) is 9.60. The van der Waals surface area contributed by atoms with E-state index in [1.807, 2.05) is 0 Å². The number of hydrogen-bond acceptors (Lipinski definition) is 1. The SMILES string of the molecule is CC1(CC(F)(F)F)CCC(C)(CC(F)(F)F)N1. The van der Waals surface area contributed by atoms with E-state index in [9.17, 15) is 26.3 Å². The minimum atomic E-state index is -4.37. The summed E-state index contributed by atoms with van der Waals surface area (Å²) in [4.78, 5) is 0. The summed E-state index contributed by atoms with van der Waals surface area (Å²) in [5.74, 6) is 0. The molecule has 1 rings (SSSR count). The maximum Gasteiger partial charge on any atom is 0.390 e. The number of nitrogens with one attached hydrogen (secondary N) is 1. The zero-order valence-electron chi connectivity index (χ0n) is 9.60. The van der Waals surface area contributed by atoms with Crippen molar-refractivity contribution in [1.82, 2.24) is 5.32 Å². The molecule has 0 amide bonds. The van der Waals surface area contributed by atoms with Gasteiger partial charge >= 0.3 is 12.4 Å². The smallest absolute Gasteiger partial charge is 0.306 e. The molecular weight excluding hydrogens is 248 g/mol. The molecule has 0 aromatic rings. The summed E-state index contributed by atoms with van der Waals surface area (Å²) in [5, 5.41) is 2.52. The molecule has 2 atom stereocenters. The van der Waals surface area contributed by atoms with Gasteiger partial charge in [-0.1, -0.05) is 0 Å². The first-order chi connectivity index (χ1) is 7.33. The highest BCUT2D eigenvalue weighted by atomic mass is 19.4. The molecule has 1 nitrogen and oxygen atoms in total. The van der Waals surface area contributed by atoms with Gasteiger partial charge in [-0.3, -0.25) is 0 Å². The van der Waals surface area contributed by atoms with E-state index in [1.54, 1.807) is 0 Å². The van der Waals surface area contributed by atoms with Crippen LogP contribution in [0.4, 0.5) is 26.3 Å². The summed E-state index contributed by atoms with van der Waals surface area (Å²) in [5.41, 5.74) is -2.59. The standard InChI is InChI=1S/C10H15F6N/c1-7(5-9(11,12)13)3-4-8(2,17-7)6-10(14,15)16/h17H,3-6H2,1-2H3. The van der Waals surface area contributed by atoms with Gasteiger partial charge in [0.15, 0.2) is 0 Å². The first-order valence-corrected chi connectivity index (χ1v) is 5.26. The van der Waals surface area contributed by atoms with Crippen LogP contribution in [0.1, 0.15) is 39.5 Å². The molecule has 0 radical (unpaired) electrons. The molecule has 0 spiro atoms. The first-order valence-electron chi connectivity index (χ1n) is 5.26. The highest BCUT2D eigenvalue weighted by molar-refractivity contribution is 5.03. The van der Waals surface area contributed by atoms with Crippen molar-refractivity contribution >= 4 is 0 Å². The van der Waals surface area contributed by atoms with E-state index < -0.39 is 36.3 Å². The van der Waals surface area contributed by atoms with Crippen LogP contribution < -0.4 is 5.32 Å². The first kappa shape index (κ1) is 14.6.